The molecule has 0 aliphatic heterocycles. The molecule has 14 aromatic rings. The van der Waals surface area contributed by atoms with Crippen LogP contribution in [0.1, 0.15) is 0 Å². The van der Waals surface area contributed by atoms with E-state index in [-0.39, 0.29) is 0 Å². The van der Waals surface area contributed by atoms with Crippen molar-refractivity contribution in [1.82, 2.24) is 9.13 Å². The third-order valence-corrected chi connectivity index (χ3v) is 14.2. The molecule has 0 unspecified atom stereocenters. The number of hydrogen-bond donors (Lipinski definition) is 0. The zero-order chi connectivity index (χ0) is 46.1. The second-order valence-corrected chi connectivity index (χ2v) is 18.1. The van der Waals surface area contributed by atoms with E-state index in [9.17, 15) is 0 Å². The van der Waals surface area contributed by atoms with Gasteiger partial charge in [-0.2, -0.15) is 0 Å². The largest absolute Gasteiger partial charge is 0.455 e. The van der Waals surface area contributed by atoms with Gasteiger partial charge >= 0.3 is 0 Å². The molecule has 3 heterocycles. The highest BCUT2D eigenvalue weighted by Crippen LogP contribution is 2.41. The van der Waals surface area contributed by atoms with Crippen LogP contribution < -0.4 is 4.90 Å². The maximum atomic E-state index is 6.46. The van der Waals surface area contributed by atoms with Crippen LogP contribution in [0.5, 0.6) is 0 Å². The lowest BCUT2D eigenvalue weighted by Crippen LogP contribution is -2.09. The second-order valence-electron chi connectivity index (χ2n) is 18.1. The first-order chi connectivity index (χ1) is 34.7. The Morgan fingerprint density at radius 3 is 1.00 bits per heavy atom. The van der Waals surface area contributed by atoms with Crippen molar-refractivity contribution in [3.05, 3.63) is 261 Å². The molecule has 0 saturated carbocycles. The van der Waals surface area contributed by atoms with Gasteiger partial charge in [-0.25, -0.2) is 0 Å². The van der Waals surface area contributed by atoms with Crippen LogP contribution in [-0.2, 0) is 0 Å². The van der Waals surface area contributed by atoms with Crippen LogP contribution in [0.3, 0.4) is 0 Å². The molecular weight excluding hydrogens is 851 g/mol. The number of nitrogens with zero attached hydrogens (tertiary/aromatic N) is 3. The summed E-state index contributed by atoms with van der Waals surface area (Å²) in [4.78, 5) is 2.34. The monoisotopic (exact) mass is 893 g/mol. The summed E-state index contributed by atoms with van der Waals surface area (Å²) in [6, 6.07) is 94.0. The number of furan rings is 1. The molecule has 3 aromatic heterocycles. The molecule has 11 aromatic carbocycles. The van der Waals surface area contributed by atoms with Gasteiger partial charge in [-0.15, -0.1) is 0 Å². The maximum absolute atomic E-state index is 6.46. The normalized spacial score (nSPS) is 11.7. The van der Waals surface area contributed by atoms with E-state index in [1.807, 2.05) is 12.1 Å². The summed E-state index contributed by atoms with van der Waals surface area (Å²) in [6.07, 6.45) is 0. The molecule has 4 nitrogen and oxygen atoms in total. The average molecular weight is 894 g/mol. The van der Waals surface area contributed by atoms with E-state index in [4.69, 9.17) is 4.42 Å². The number of para-hydroxylation sites is 6. The van der Waals surface area contributed by atoms with Crippen LogP contribution in [0.2, 0.25) is 0 Å². The van der Waals surface area contributed by atoms with Crippen LogP contribution in [0, 0.1) is 0 Å². The number of rotatable bonds is 8. The van der Waals surface area contributed by atoms with Crippen molar-refractivity contribution in [1.29, 1.82) is 0 Å². The van der Waals surface area contributed by atoms with Gasteiger partial charge in [0.15, 0.2) is 0 Å². The molecule has 14 rings (SSSR count). The molecule has 0 amide bonds. The highest BCUT2D eigenvalue weighted by Gasteiger charge is 2.18. The minimum absolute atomic E-state index is 0.901. The molecule has 0 radical (unpaired) electrons. The van der Waals surface area contributed by atoms with Crippen molar-refractivity contribution < 1.29 is 4.42 Å². The molecule has 0 fully saturated rings. The van der Waals surface area contributed by atoms with Crippen molar-refractivity contribution in [2.24, 2.45) is 0 Å². The lowest BCUT2D eigenvalue weighted by Gasteiger charge is -2.26. The van der Waals surface area contributed by atoms with Gasteiger partial charge in [-0.05, 0) is 119 Å². The molecule has 0 aliphatic carbocycles. The molecule has 0 spiro atoms. The number of benzene rings is 11. The highest BCUT2D eigenvalue weighted by atomic mass is 16.3. The smallest absolute Gasteiger partial charge is 0.143 e. The third-order valence-electron chi connectivity index (χ3n) is 14.2. The van der Waals surface area contributed by atoms with Gasteiger partial charge in [0.25, 0.3) is 0 Å². The van der Waals surface area contributed by atoms with Gasteiger partial charge in [0, 0.05) is 66.3 Å². The van der Waals surface area contributed by atoms with E-state index < -0.39 is 0 Å². The van der Waals surface area contributed by atoms with E-state index in [2.05, 4.69) is 263 Å². The number of fused-ring (bicyclic) bond motifs is 9. The Kier molecular flexibility index (Phi) is 9.17. The van der Waals surface area contributed by atoms with Crippen molar-refractivity contribution in [3.8, 4) is 44.8 Å². The molecule has 0 N–H and O–H groups in total. The minimum atomic E-state index is 0.901. The Bertz CT molecular complexity index is 3940. The molecule has 4 heteroatoms. The third kappa shape index (κ3) is 6.46. The summed E-state index contributed by atoms with van der Waals surface area (Å²) >= 11 is 0. The average Bonchev–Trinajstić information content (AvgIpc) is 4.10. The molecule has 328 valence electrons. The summed E-state index contributed by atoms with van der Waals surface area (Å²) in [5, 5.41) is 7.31. The Morgan fingerprint density at radius 2 is 0.586 bits per heavy atom. The molecular formula is C66H43N3O. The van der Waals surface area contributed by atoms with Gasteiger partial charge in [-0.1, -0.05) is 170 Å². The van der Waals surface area contributed by atoms with Gasteiger partial charge in [0.05, 0.1) is 22.1 Å². The van der Waals surface area contributed by atoms with Crippen LogP contribution in [-0.4, -0.2) is 9.13 Å². The Labute approximate surface area is 404 Å². The van der Waals surface area contributed by atoms with Gasteiger partial charge in [0.2, 0.25) is 0 Å². The Balaban J connectivity index is 0.807. The lowest BCUT2D eigenvalue weighted by atomic mass is 10.0. The summed E-state index contributed by atoms with van der Waals surface area (Å²) in [5.74, 6) is 0. The predicted octanol–water partition coefficient (Wildman–Crippen LogP) is 18.3. The lowest BCUT2D eigenvalue weighted by molar-refractivity contribution is 0.670. The molecule has 0 aliphatic rings. The van der Waals surface area contributed by atoms with Crippen molar-refractivity contribution >= 4 is 82.6 Å². The summed E-state index contributed by atoms with van der Waals surface area (Å²) in [6.45, 7) is 0. The Hall–Kier alpha value is -9.38. The van der Waals surface area contributed by atoms with Gasteiger partial charge < -0.3 is 18.5 Å². The van der Waals surface area contributed by atoms with Gasteiger partial charge in [0.1, 0.15) is 11.2 Å². The van der Waals surface area contributed by atoms with Crippen LogP contribution in [0.4, 0.5) is 17.1 Å². The minimum Gasteiger partial charge on any atom is -0.455 e. The topological polar surface area (TPSA) is 26.2 Å². The molecule has 0 saturated heterocycles. The Morgan fingerprint density at radius 1 is 0.257 bits per heavy atom. The number of aromatic nitrogens is 2. The second kappa shape index (κ2) is 16.2. The fourth-order valence-electron chi connectivity index (χ4n) is 10.8. The first-order valence-electron chi connectivity index (χ1n) is 23.9. The van der Waals surface area contributed by atoms with E-state index >= 15 is 0 Å². The molecule has 70 heavy (non-hydrogen) atoms. The highest BCUT2D eigenvalue weighted by molar-refractivity contribution is 6.11. The summed E-state index contributed by atoms with van der Waals surface area (Å²) in [5.41, 5.74) is 19.0. The van der Waals surface area contributed by atoms with Crippen LogP contribution in [0.15, 0.2) is 265 Å². The zero-order valence-corrected chi connectivity index (χ0v) is 38.1. The molecule has 0 atom stereocenters. The van der Waals surface area contributed by atoms with E-state index in [0.717, 1.165) is 72.6 Å². The van der Waals surface area contributed by atoms with E-state index in [0.29, 0.717) is 0 Å². The van der Waals surface area contributed by atoms with Crippen molar-refractivity contribution in [2.75, 3.05) is 4.90 Å². The quantitative estimate of drug-likeness (QED) is 0.152. The van der Waals surface area contributed by atoms with E-state index in [1.165, 1.54) is 54.7 Å². The first kappa shape index (κ1) is 39.8. The van der Waals surface area contributed by atoms with Crippen LogP contribution in [0.25, 0.3) is 110 Å². The van der Waals surface area contributed by atoms with Crippen molar-refractivity contribution in [2.45, 2.75) is 0 Å². The molecule has 0 bridgehead atoms. The maximum Gasteiger partial charge on any atom is 0.143 e. The fourth-order valence-corrected chi connectivity index (χ4v) is 10.8. The number of anilines is 3. The van der Waals surface area contributed by atoms with E-state index in [1.54, 1.807) is 0 Å². The van der Waals surface area contributed by atoms with Gasteiger partial charge in [-0.3, -0.25) is 0 Å². The first-order valence-corrected chi connectivity index (χ1v) is 23.9. The zero-order valence-electron chi connectivity index (χ0n) is 38.1. The summed E-state index contributed by atoms with van der Waals surface area (Å²) in [7, 11) is 0. The number of hydrogen-bond acceptors (Lipinski definition) is 2. The standard InChI is InChI=1S/C66H43N3O/c1-6-19-61-55(12-1)56-13-2-7-20-62(56)68(61)52-38-28-46(29-39-52)44-24-34-49(35-25-44)67(51-42-32-48(33-43-51)54-17-11-18-60-59-16-5-10-23-65(59)70-66(54)60)50-36-26-45(27-37-50)47-30-40-53(41-31-47)69-63-21-8-3-14-57(63)58-15-4-9-22-64(58)69/h1-43H. The fraction of sp³-hybridized carbons (Fsp3) is 0. The van der Waals surface area contributed by atoms with Crippen LogP contribution >= 0.6 is 0 Å². The SMILES string of the molecule is c1ccc2c(c1)oc1c(-c3ccc(N(c4ccc(-c5ccc(-n6c7ccccc7c7ccccc76)cc5)cc4)c4ccc(-c5ccc(-n6c7ccccc7c7ccccc76)cc5)cc4)cc3)cccc12. The predicted molar refractivity (Wildman–Crippen MR) is 293 cm³/mol. The summed E-state index contributed by atoms with van der Waals surface area (Å²) < 4.78 is 11.2. The van der Waals surface area contributed by atoms with Crippen molar-refractivity contribution in [3.63, 3.8) is 0 Å².